The summed E-state index contributed by atoms with van der Waals surface area (Å²) in [5, 5.41) is 9.79. The van der Waals surface area contributed by atoms with E-state index >= 15 is 0 Å². The Bertz CT molecular complexity index is 707. The molecule has 0 aliphatic rings. The second-order valence-electron chi connectivity index (χ2n) is 4.20. The van der Waals surface area contributed by atoms with Crippen LogP contribution >= 0.6 is 0 Å². The van der Waals surface area contributed by atoms with Crippen LogP contribution in [0.1, 0.15) is 10.5 Å². The molecule has 0 aliphatic carbocycles. The van der Waals surface area contributed by atoms with Crippen LogP contribution in [0, 0.1) is 0 Å². The highest BCUT2D eigenvalue weighted by atomic mass is 32.2. The molecule has 9 nitrogen and oxygen atoms in total. The molecule has 0 saturated carbocycles. The van der Waals surface area contributed by atoms with E-state index in [0.717, 1.165) is 10.4 Å². The number of carbonyl (C=O) groups is 1. The van der Waals surface area contributed by atoms with Gasteiger partial charge < -0.3 is 4.74 Å². The van der Waals surface area contributed by atoms with Crippen molar-refractivity contribution in [2.75, 3.05) is 20.7 Å². The Balaban J connectivity index is 2.09. The van der Waals surface area contributed by atoms with Crippen LogP contribution in [0.2, 0.25) is 0 Å². The number of hydrogen-bond acceptors (Lipinski definition) is 6. The van der Waals surface area contributed by atoms with Crippen molar-refractivity contribution in [1.29, 1.82) is 0 Å². The lowest BCUT2D eigenvalue weighted by molar-refractivity contribution is 0.0594. The lowest BCUT2D eigenvalue weighted by Crippen LogP contribution is -2.30. The summed E-state index contributed by atoms with van der Waals surface area (Å²) in [6.45, 7) is 0.650. The summed E-state index contributed by atoms with van der Waals surface area (Å²) >= 11 is 0. The first-order valence-corrected chi connectivity index (χ1v) is 7.46. The highest BCUT2D eigenvalue weighted by Crippen LogP contribution is 2.13. The lowest BCUT2D eigenvalue weighted by Gasteiger charge is -2.15. The molecule has 0 atom stereocenters. The third-order valence-corrected chi connectivity index (χ3v) is 4.61. The third kappa shape index (κ3) is 3.28. The summed E-state index contributed by atoms with van der Waals surface area (Å²) < 4.78 is 31.8. The van der Waals surface area contributed by atoms with Crippen molar-refractivity contribution in [2.45, 2.75) is 11.6 Å². The Morgan fingerprint density at radius 2 is 2.29 bits per heavy atom. The summed E-state index contributed by atoms with van der Waals surface area (Å²) in [7, 11) is -1.11. The van der Waals surface area contributed by atoms with Gasteiger partial charge in [-0.3, -0.25) is 9.78 Å². The van der Waals surface area contributed by atoms with Gasteiger partial charge in [0.25, 0.3) is 10.0 Å². The molecule has 0 bridgehead atoms. The van der Waals surface area contributed by atoms with E-state index in [1.165, 1.54) is 14.2 Å². The van der Waals surface area contributed by atoms with Gasteiger partial charge >= 0.3 is 5.97 Å². The molecule has 2 aromatic heterocycles. The summed E-state index contributed by atoms with van der Waals surface area (Å²) in [5.74, 6) is -0.702. The second-order valence-corrected chi connectivity index (χ2v) is 6.22. The molecule has 114 valence electrons. The number of nitrogens with one attached hydrogen (secondary N) is 1. The van der Waals surface area contributed by atoms with Crippen molar-refractivity contribution in [3.8, 4) is 0 Å². The van der Waals surface area contributed by atoms with Crippen LogP contribution in [0.15, 0.2) is 29.6 Å². The van der Waals surface area contributed by atoms with Gasteiger partial charge in [0.1, 0.15) is 0 Å². The SMILES string of the molecule is COC(=O)c1cc(S(=O)(=O)N(C)CCn2cccn2)[nH]n1. The number of H-pyrrole nitrogens is 1. The predicted octanol–water partition coefficient (Wildman–Crippen LogP) is -0.287. The summed E-state index contributed by atoms with van der Waals surface area (Å²) in [5.41, 5.74) is -0.0865. The van der Waals surface area contributed by atoms with E-state index in [0.29, 0.717) is 6.54 Å². The fourth-order valence-corrected chi connectivity index (χ4v) is 2.69. The van der Waals surface area contributed by atoms with Crippen LogP contribution in [0.25, 0.3) is 0 Å². The van der Waals surface area contributed by atoms with Crippen molar-refractivity contribution < 1.29 is 17.9 Å². The molecule has 0 spiro atoms. The predicted molar refractivity (Wildman–Crippen MR) is 72.0 cm³/mol. The number of sulfonamides is 1. The molecule has 2 heterocycles. The number of aromatic nitrogens is 4. The fraction of sp³-hybridized carbons (Fsp3) is 0.364. The van der Waals surface area contributed by atoms with Crippen molar-refractivity contribution >= 4 is 16.0 Å². The van der Waals surface area contributed by atoms with Gasteiger partial charge in [0.2, 0.25) is 0 Å². The molecule has 21 heavy (non-hydrogen) atoms. The number of hydrogen-bond donors (Lipinski definition) is 1. The van der Waals surface area contributed by atoms with E-state index in [-0.39, 0.29) is 17.3 Å². The molecular formula is C11H15N5O4S. The van der Waals surface area contributed by atoms with Gasteiger partial charge in [0.15, 0.2) is 10.7 Å². The van der Waals surface area contributed by atoms with Crippen molar-refractivity contribution in [3.63, 3.8) is 0 Å². The highest BCUT2D eigenvalue weighted by molar-refractivity contribution is 7.89. The number of aromatic amines is 1. The van der Waals surface area contributed by atoms with Gasteiger partial charge in [-0.1, -0.05) is 0 Å². The van der Waals surface area contributed by atoms with E-state index in [4.69, 9.17) is 0 Å². The van der Waals surface area contributed by atoms with Crippen LogP contribution in [-0.4, -0.2) is 59.4 Å². The average molecular weight is 313 g/mol. The molecule has 0 saturated heterocycles. The van der Waals surface area contributed by atoms with E-state index in [1.807, 2.05) is 0 Å². The van der Waals surface area contributed by atoms with Crippen LogP contribution in [0.5, 0.6) is 0 Å². The molecule has 0 aromatic carbocycles. The molecule has 0 radical (unpaired) electrons. The van der Waals surface area contributed by atoms with Gasteiger partial charge in [-0.05, 0) is 6.07 Å². The molecule has 0 amide bonds. The molecule has 0 unspecified atom stereocenters. The number of nitrogens with zero attached hydrogens (tertiary/aromatic N) is 4. The number of rotatable bonds is 6. The normalized spacial score (nSPS) is 11.8. The first-order chi connectivity index (χ1) is 9.95. The third-order valence-electron chi connectivity index (χ3n) is 2.84. The Hall–Kier alpha value is -2.20. The number of methoxy groups -OCH3 is 1. The Labute approximate surface area is 121 Å². The zero-order valence-corrected chi connectivity index (χ0v) is 12.4. The van der Waals surface area contributed by atoms with Gasteiger partial charge in [-0.15, -0.1) is 0 Å². The standard InChI is InChI=1S/C11H15N5O4S/c1-15(6-7-16-5-3-4-12-16)21(18,19)10-8-9(13-14-10)11(17)20-2/h3-5,8H,6-7H2,1-2H3,(H,13,14). The van der Waals surface area contributed by atoms with Crippen molar-refractivity contribution in [2.24, 2.45) is 0 Å². The highest BCUT2D eigenvalue weighted by Gasteiger charge is 2.24. The molecule has 2 rings (SSSR count). The summed E-state index contributed by atoms with van der Waals surface area (Å²) in [4.78, 5) is 11.3. The summed E-state index contributed by atoms with van der Waals surface area (Å²) in [6.07, 6.45) is 3.36. The van der Waals surface area contributed by atoms with Crippen molar-refractivity contribution in [1.82, 2.24) is 24.3 Å². The molecule has 2 aromatic rings. The van der Waals surface area contributed by atoms with Gasteiger partial charge in [-0.2, -0.15) is 14.5 Å². The Kier molecular flexibility index (Phi) is 4.38. The topological polar surface area (TPSA) is 110 Å². The Morgan fingerprint density at radius 3 is 2.90 bits per heavy atom. The second kappa shape index (κ2) is 6.06. The van der Waals surface area contributed by atoms with Gasteiger partial charge in [-0.25, -0.2) is 13.2 Å². The molecular weight excluding hydrogens is 298 g/mol. The maximum absolute atomic E-state index is 12.3. The quantitative estimate of drug-likeness (QED) is 0.734. The maximum atomic E-state index is 12.3. The van der Waals surface area contributed by atoms with Crippen LogP contribution in [0.4, 0.5) is 0 Å². The molecule has 1 N–H and O–H groups in total. The van der Waals surface area contributed by atoms with E-state index in [2.05, 4.69) is 20.0 Å². The van der Waals surface area contributed by atoms with Gasteiger partial charge in [0.05, 0.1) is 13.7 Å². The monoisotopic (exact) mass is 313 g/mol. The van der Waals surface area contributed by atoms with Crippen LogP contribution in [0.3, 0.4) is 0 Å². The van der Waals surface area contributed by atoms with E-state index in [9.17, 15) is 13.2 Å². The number of carbonyl (C=O) groups excluding carboxylic acids is 1. The maximum Gasteiger partial charge on any atom is 0.358 e. The van der Waals surface area contributed by atoms with Crippen LogP contribution in [-0.2, 0) is 21.3 Å². The minimum atomic E-state index is -3.75. The minimum Gasteiger partial charge on any atom is -0.464 e. The minimum absolute atomic E-state index is 0.0865. The number of esters is 1. The number of ether oxygens (including phenoxy) is 1. The molecule has 10 heteroatoms. The van der Waals surface area contributed by atoms with E-state index in [1.54, 1.807) is 23.1 Å². The molecule has 0 aliphatic heterocycles. The molecule has 0 fully saturated rings. The lowest BCUT2D eigenvalue weighted by atomic mass is 10.4. The fourth-order valence-electron chi connectivity index (χ4n) is 1.61. The summed E-state index contributed by atoms with van der Waals surface area (Å²) in [6, 6.07) is 2.90. The average Bonchev–Trinajstić information content (AvgIpc) is 3.14. The van der Waals surface area contributed by atoms with Gasteiger partial charge in [0, 0.05) is 32.1 Å². The first-order valence-electron chi connectivity index (χ1n) is 6.02. The van der Waals surface area contributed by atoms with Crippen LogP contribution < -0.4 is 0 Å². The zero-order chi connectivity index (χ0) is 15.5. The Morgan fingerprint density at radius 1 is 1.52 bits per heavy atom. The first kappa shape index (κ1) is 15.2. The number of likely N-dealkylation sites (N-methyl/N-ethyl adjacent to an activating group) is 1. The largest absolute Gasteiger partial charge is 0.464 e. The van der Waals surface area contributed by atoms with Crippen molar-refractivity contribution in [3.05, 3.63) is 30.2 Å². The smallest absolute Gasteiger partial charge is 0.358 e. The van der Waals surface area contributed by atoms with E-state index < -0.39 is 16.0 Å². The zero-order valence-electron chi connectivity index (χ0n) is 11.6.